The summed E-state index contributed by atoms with van der Waals surface area (Å²) in [6, 6.07) is 27.2. The maximum Gasteiger partial charge on any atom is 2.00 e. The first kappa shape index (κ1) is 45.4. The Morgan fingerprint density at radius 2 is 0.785 bits per heavy atom. The van der Waals surface area contributed by atoms with Crippen molar-refractivity contribution in [1.82, 2.24) is 39.9 Å². The van der Waals surface area contributed by atoms with E-state index in [4.69, 9.17) is 84.2 Å². The van der Waals surface area contributed by atoms with Crippen molar-refractivity contribution in [1.29, 1.82) is 0 Å². The van der Waals surface area contributed by atoms with E-state index in [9.17, 15) is 0 Å². The molecular formula is C48H44N8O8Zn. The molecule has 0 spiro atoms. The standard InChI is InChI=1S/C48H44N8O8.Zn/c1-3-18-58-21-22-60-24-26-62-28-30-64-38-17-16-37(63-29-27-61-25-23-59-20-19-57-2)39-40(38)48-55-46-36-15-9-7-13-34(36)44(53-46)51-42-32-11-5-4-10-31(32)41(49-42)50-43-33-12-6-8-14-35(33)45(52-43)54-47(39)56-48;/h1,4-17H,18-30H2,2H3;/q-2;+2. The van der Waals surface area contributed by atoms with Gasteiger partial charge in [-0.05, 0) is 33.7 Å². The van der Waals surface area contributed by atoms with Crippen LogP contribution in [-0.2, 0) is 47.9 Å². The van der Waals surface area contributed by atoms with E-state index in [2.05, 4.69) is 5.92 Å². The first-order valence-corrected chi connectivity index (χ1v) is 20.9. The van der Waals surface area contributed by atoms with E-state index in [0.717, 1.165) is 32.7 Å². The van der Waals surface area contributed by atoms with Crippen molar-refractivity contribution in [3.8, 4) is 69.4 Å². The summed E-state index contributed by atoms with van der Waals surface area (Å²) < 4.78 is 46.0. The second kappa shape index (κ2) is 22.1. The van der Waals surface area contributed by atoms with Crippen LogP contribution in [0.3, 0.4) is 0 Å². The predicted octanol–water partition coefficient (Wildman–Crippen LogP) is 6.25. The van der Waals surface area contributed by atoms with Crippen LogP contribution >= 0.6 is 0 Å². The molecule has 16 nitrogen and oxygen atoms in total. The Hall–Kier alpha value is -6.22. The number of nitrogens with zero attached hydrogens (tertiary/aromatic N) is 8. The van der Waals surface area contributed by atoms with E-state index >= 15 is 0 Å². The van der Waals surface area contributed by atoms with Gasteiger partial charge in [-0.25, -0.2) is 9.97 Å². The van der Waals surface area contributed by atoms with E-state index in [1.165, 1.54) is 0 Å². The quantitative estimate of drug-likeness (QED) is 0.0448. The van der Waals surface area contributed by atoms with Crippen LogP contribution in [0.2, 0.25) is 0 Å². The van der Waals surface area contributed by atoms with Crippen molar-refractivity contribution in [2.75, 3.05) is 93.0 Å². The molecule has 0 atom stereocenters. The van der Waals surface area contributed by atoms with Gasteiger partial charge in [-0.3, -0.25) is 0 Å². The van der Waals surface area contributed by atoms with Gasteiger partial charge in [0.2, 0.25) is 0 Å². The number of hydrogen-bond donors (Lipinski definition) is 0. The van der Waals surface area contributed by atoms with Crippen LogP contribution in [0.1, 0.15) is 0 Å². The third kappa shape index (κ3) is 10.4. The molecule has 0 saturated carbocycles. The molecule has 0 fully saturated rings. The molecule has 3 aromatic heterocycles. The second-order valence-corrected chi connectivity index (χ2v) is 14.3. The van der Waals surface area contributed by atoms with Crippen molar-refractivity contribution in [2.45, 2.75) is 0 Å². The van der Waals surface area contributed by atoms with Crippen LogP contribution < -0.4 is 19.4 Å². The van der Waals surface area contributed by atoms with Crippen LogP contribution in [0, 0.1) is 12.3 Å². The molecule has 65 heavy (non-hydrogen) atoms. The zero-order chi connectivity index (χ0) is 43.5. The van der Waals surface area contributed by atoms with Crippen molar-refractivity contribution >= 4 is 44.1 Å². The minimum atomic E-state index is 0. The molecular weight excluding hydrogens is 882 g/mol. The van der Waals surface area contributed by atoms with E-state index < -0.39 is 0 Å². The number of ether oxygens (including phenoxy) is 8. The fourth-order valence-corrected chi connectivity index (χ4v) is 7.27. The van der Waals surface area contributed by atoms with Crippen molar-refractivity contribution in [3.63, 3.8) is 0 Å². The van der Waals surface area contributed by atoms with Crippen LogP contribution in [0.15, 0.2) is 84.9 Å². The van der Waals surface area contributed by atoms with Gasteiger partial charge < -0.3 is 67.8 Å². The molecule has 8 bridgehead atoms. The van der Waals surface area contributed by atoms with Crippen molar-refractivity contribution < 1.29 is 57.4 Å². The number of hydrogen-bond acceptors (Lipinski definition) is 14. The summed E-state index contributed by atoms with van der Waals surface area (Å²) in [4.78, 5) is 40.4. The van der Waals surface area contributed by atoms with Gasteiger partial charge >= 0.3 is 19.5 Å². The Morgan fingerprint density at radius 1 is 0.431 bits per heavy atom. The SMILES string of the molecule is C#CCOCCOCCOCCOc1ccc(OCCOCCOCCOC)c2c1-c1nc-2nc2[n-]c(nc3nc(nc4[n-]c(n1)c1ccccc41)-c1ccccc1-3)c1ccccc21.[Zn+2]. The Labute approximate surface area is 387 Å². The summed E-state index contributed by atoms with van der Waals surface area (Å²) in [6.45, 7) is 4.78. The predicted molar refractivity (Wildman–Crippen MR) is 240 cm³/mol. The molecule has 17 heteroatoms. The minimum Gasteiger partial charge on any atom is -0.490 e. The Bertz CT molecular complexity index is 2970. The number of benzene rings is 4. The molecule has 326 valence electrons. The molecule has 0 N–H and O–H groups in total. The second-order valence-electron chi connectivity index (χ2n) is 14.3. The number of fused-ring (bicyclic) bond motifs is 20. The van der Waals surface area contributed by atoms with E-state index in [-0.39, 0.29) is 39.3 Å². The maximum absolute atomic E-state index is 6.45. The number of terminal acetylenes is 1. The Morgan fingerprint density at radius 3 is 1.20 bits per heavy atom. The zero-order valence-electron chi connectivity index (χ0n) is 35.9. The summed E-state index contributed by atoms with van der Waals surface area (Å²) in [5, 5.41) is 3.17. The van der Waals surface area contributed by atoms with Crippen LogP contribution in [0.25, 0.3) is 89.7 Å². The third-order valence-electron chi connectivity index (χ3n) is 10.2. The monoisotopic (exact) mass is 924 g/mol. The first-order chi connectivity index (χ1) is 31.7. The Kier molecular flexibility index (Phi) is 15.4. The summed E-state index contributed by atoms with van der Waals surface area (Å²) in [5.41, 5.74) is 4.57. The number of methoxy groups -OCH3 is 1. The van der Waals surface area contributed by atoms with E-state index in [0.29, 0.717) is 135 Å². The van der Waals surface area contributed by atoms with Gasteiger partial charge in [0, 0.05) is 40.8 Å². The van der Waals surface area contributed by atoms with Gasteiger partial charge in [-0.2, -0.15) is 0 Å². The van der Waals surface area contributed by atoms with Gasteiger partial charge in [0.1, 0.15) is 31.3 Å². The average Bonchev–Trinajstić information content (AvgIpc) is 4.07. The fraction of sp³-hybridized carbons (Fsp3) is 0.292. The fourth-order valence-electron chi connectivity index (χ4n) is 7.27. The molecule has 2 aliphatic heterocycles. The average molecular weight is 926 g/mol. The van der Waals surface area contributed by atoms with Crippen LogP contribution in [0.4, 0.5) is 0 Å². The van der Waals surface area contributed by atoms with Gasteiger partial charge in [0.15, 0.2) is 0 Å². The largest absolute Gasteiger partial charge is 2.00 e. The smallest absolute Gasteiger partial charge is 0.490 e. The van der Waals surface area contributed by atoms with Crippen LogP contribution in [0.5, 0.6) is 11.5 Å². The third-order valence-corrected chi connectivity index (χ3v) is 10.2. The van der Waals surface area contributed by atoms with Gasteiger partial charge in [0.25, 0.3) is 0 Å². The number of aromatic nitrogens is 8. The summed E-state index contributed by atoms with van der Waals surface area (Å²) in [7, 11) is 1.64. The Balaban J connectivity index is 0.00000576. The van der Waals surface area contributed by atoms with E-state index in [1.807, 2.05) is 84.9 Å². The summed E-state index contributed by atoms with van der Waals surface area (Å²) in [6.07, 6.45) is 5.23. The molecule has 0 aliphatic carbocycles. The van der Waals surface area contributed by atoms with E-state index in [1.54, 1.807) is 7.11 Å². The molecule has 0 saturated heterocycles. The molecule has 4 aromatic carbocycles. The first-order valence-electron chi connectivity index (χ1n) is 20.9. The maximum atomic E-state index is 6.45. The molecule has 0 unspecified atom stereocenters. The van der Waals surface area contributed by atoms with Crippen LogP contribution in [-0.4, -0.2) is 123 Å². The molecule has 7 aromatic rings. The van der Waals surface area contributed by atoms with Gasteiger partial charge in [-0.1, -0.05) is 78.7 Å². The summed E-state index contributed by atoms with van der Waals surface area (Å²) >= 11 is 0. The normalized spacial score (nSPS) is 11.6. The topological polar surface area (TPSA) is 179 Å². The van der Waals surface area contributed by atoms with Crippen molar-refractivity contribution in [3.05, 3.63) is 84.9 Å². The minimum absolute atomic E-state index is 0. The number of rotatable bonds is 21. The zero-order valence-corrected chi connectivity index (χ0v) is 38.9. The molecule has 0 radical (unpaired) electrons. The molecule has 9 rings (SSSR count). The van der Waals surface area contributed by atoms with Crippen molar-refractivity contribution in [2.24, 2.45) is 0 Å². The molecule has 0 amide bonds. The molecule has 5 heterocycles. The summed E-state index contributed by atoms with van der Waals surface area (Å²) in [5.74, 6) is 5.05. The van der Waals surface area contributed by atoms with Gasteiger partial charge in [-0.15, -0.1) is 6.42 Å². The molecule has 2 aliphatic rings. The van der Waals surface area contributed by atoms with Gasteiger partial charge in [0.05, 0.1) is 100 Å².